The van der Waals surface area contributed by atoms with Gasteiger partial charge in [0.2, 0.25) is 0 Å². The van der Waals surface area contributed by atoms with Gasteiger partial charge in [0.05, 0.1) is 4.91 Å². The molecule has 2 aliphatic heterocycles. The van der Waals surface area contributed by atoms with E-state index in [1.165, 1.54) is 16.7 Å². The number of allylic oxidation sites excluding steroid dienone is 2. The van der Waals surface area contributed by atoms with Crippen molar-refractivity contribution in [2.45, 2.75) is 6.17 Å². The molecule has 2 rings (SSSR count). The molecule has 0 radical (unpaired) electrons. The topological polar surface area (TPSA) is 49.6 Å². The summed E-state index contributed by atoms with van der Waals surface area (Å²) in [5.41, 5.74) is 5.85. The predicted molar refractivity (Wildman–Crippen MR) is 69.1 cm³/mol. The molecule has 0 saturated carbocycles. The first-order valence-electron chi connectivity index (χ1n) is 4.69. The normalized spacial score (nSPS) is 27.4. The number of nitrogens with two attached hydrogens (primary N) is 1. The molecule has 0 aromatic rings. The summed E-state index contributed by atoms with van der Waals surface area (Å²) in [6.07, 6.45) is 8.92. The van der Waals surface area contributed by atoms with Crippen molar-refractivity contribution in [2.24, 2.45) is 5.73 Å². The fourth-order valence-corrected chi connectivity index (χ4v) is 2.49. The lowest BCUT2D eigenvalue weighted by Crippen LogP contribution is -2.34. The SMILES string of the molecule is CN1C(=O)/C(=C\N2C=CC=CC2N)SC1=S. The van der Waals surface area contributed by atoms with Crippen molar-refractivity contribution in [3.8, 4) is 0 Å². The Kier molecular flexibility index (Phi) is 3.13. The van der Waals surface area contributed by atoms with E-state index in [2.05, 4.69) is 0 Å². The van der Waals surface area contributed by atoms with Crippen molar-refractivity contribution in [3.63, 3.8) is 0 Å². The first-order chi connectivity index (χ1) is 7.59. The second-order valence-electron chi connectivity index (χ2n) is 3.39. The Balaban J connectivity index is 2.19. The number of amides is 1. The number of thioether (sulfide) groups is 1. The molecule has 0 aromatic heterocycles. The van der Waals surface area contributed by atoms with Crippen LogP contribution in [0.15, 0.2) is 35.5 Å². The Morgan fingerprint density at radius 2 is 2.31 bits per heavy atom. The molecule has 6 heteroatoms. The van der Waals surface area contributed by atoms with Gasteiger partial charge in [0.25, 0.3) is 5.91 Å². The Bertz CT molecular complexity index is 428. The number of hydrogen-bond acceptors (Lipinski definition) is 5. The first kappa shape index (κ1) is 11.4. The lowest BCUT2D eigenvalue weighted by atomic mass is 10.3. The number of likely N-dealkylation sites (N-methyl/N-ethyl adjacent to an activating group) is 1. The van der Waals surface area contributed by atoms with Crippen LogP contribution < -0.4 is 5.73 Å². The summed E-state index contributed by atoms with van der Waals surface area (Å²) in [5.74, 6) is -0.0786. The van der Waals surface area contributed by atoms with E-state index in [0.717, 1.165) is 0 Å². The van der Waals surface area contributed by atoms with E-state index in [1.54, 1.807) is 18.1 Å². The summed E-state index contributed by atoms with van der Waals surface area (Å²) in [5, 5.41) is 0. The minimum Gasteiger partial charge on any atom is -0.334 e. The molecular formula is C10H11N3OS2. The second-order valence-corrected chi connectivity index (χ2v) is 5.07. The third-order valence-electron chi connectivity index (χ3n) is 2.27. The van der Waals surface area contributed by atoms with Crippen LogP contribution in [0.3, 0.4) is 0 Å². The average Bonchev–Trinajstić information content (AvgIpc) is 2.50. The highest BCUT2D eigenvalue weighted by Crippen LogP contribution is 2.30. The number of thiocarbonyl (C=S) groups is 1. The van der Waals surface area contributed by atoms with Crippen LogP contribution in [0.4, 0.5) is 0 Å². The molecule has 16 heavy (non-hydrogen) atoms. The molecule has 0 aliphatic carbocycles. The van der Waals surface area contributed by atoms with Gasteiger partial charge in [0.15, 0.2) is 0 Å². The van der Waals surface area contributed by atoms with Gasteiger partial charge in [-0.25, -0.2) is 0 Å². The maximum Gasteiger partial charge on any atom is 0.267 e. The molecule has 1 saturated heterocycles. The minimum absolute atomic E-state index is 0.0786. The van der Waals surface area contributed by atoms with Crippen molar-refractivity contribution < 1.29 is 4.79 Å². The Morgan fingerprint density at radius 1 is 1.56 bits per heavy atom. The van der Waals surface area contributed by atoms with E-state index in [0.29, 0.717) is 9.23 Å². The number of carbonyl (C=O) groups excluding carboxylic acids is 1. The van der Waals surface area contributed by atoms with E-state index in [1.807, 2.05) is 24.4 Å². The molecule has 2 N–H and O–H groups in total. The molecule has 0 spiro atoms. The van der Waals surface area contributed by atoms with Crippen molar-refractivity contribution >= 4 is 34.2 Å². The van der Waals surface area contributed by atoms with Crippen molar-refractivity contribution in [3.05, 3.63) is 35.5 Å². The van der Waals surface area contributed by atoms with Crippen LogP contribution in [0.5, 0.6) is 0 Å². The molecule has 0 bridgehead atoms. The lowest BCUT2D eigenvalue weighted by Gasteiger charge is -2.23. The van der Waals surface area contributed by atoms with Gasteiger partial charge in [-0.1, -0.05) is 30.1 Å². The maximum atomic E-state index is 11.7. The molecule has 4 nitrogen and oxygen atoms in total. The summed E-state index contributed by atoms with van der Waals surface area (Å²) in [7, 11) is 1.67. The van der Waals surface area contributed by atoms with E-state index in [4.69, 9.17) is 18.0 Å². The summed E-state index contributed by atoms with van der Waals surface area (Å²) < 4.78 is 0.571. The van der Waals surface area contributed by atoms with Crippen molar-refractivity contribution in [1.82, 2.24) is 9.80 Å². The highest BCUT2D eigenvalue weighted by Gasteiger charge is 2.29. The number of rotatable bonds is 1. The Hall–Kier alpha value is -1.11. The van der Waals surface area contributed by atoms with Gasteiger partial charge >= 0.3 is 0 Å². The van der Waals surface area contributed by atoms with E-state index >= 15 is 0 Å². The third-order valence-corrected chi connectivity index (χ3v) is 3.75. The van der Waals surface area contributed by atoms with E-state index in [-0.39, 0.29) is 12.1 Å². The maximum absolute atomic E-state index is 11.7. The number of hydrogen-bond donors (Lipinski definition) is 1. The largest absolute Gasteiger partial charge is 0.334 e. The van der Waals surface area contributed by atoms with Crippen LogP contribution in [0, 0.1) is 0 Å². The molecule has 84 valence electrons. The van der Waals surface area contributed by atoms with Gasteiger partial charge < -0.3 is 10.6 Å². The summed E-state index contributed by atoms with van der Waals surface area (Å²) >= 11 is 6.33. The smallest absolute Gasteiger partial charge is 0.267 e. The highest BCUT2D eigenvalue weighted by molar-refractivity contribution is 8.26. The van der Waals surface area contributed by atoms with Gasteiger partial charge in [-0.3, -0.25) is 9.69 Å². The Labute approximate surface area is 103 Å². The molecule has 0 aromatic carbocycles. The van der Waals surface area contributed by atoms with Gasteiger partial charge in [-0.05, 0) is 12.2 Å². The molecule has 2 aliphatic rings. The van der Waals surface area contributed by atoms with Crippen LogP contribution in [-0.4, -0.2) is 33.2 Å². The van der Waals surface area contributed by atoms with Crippen molar-refractivity contribution in [2.75, 3.05) is 7.05 Å². The van der Waals surface area contributed by atoms with Gasteiger partial charge in [-0.15, -0.1) is 0 Å². The quantitative estimate of drug-likeness (QED) is 0.558. The standard InChI is InChI=1S/C10H11N3OS2/c1-12-9(14)7(16-10(12)15)6-13-5-3-2-4-8(13)11/h2-6,8H,11H2,1H3/b7-6+. The summed E-state index contributed by atoms with van der Waals surface area (Å²) in [6, 6.07) is 0. The van der Waals surface area contributed by atoms with Crippen LogP contribution in [0.25, 0.3) is 0 Å². The molecule has 1 amide bonds. The lowest BCUT2D eigenvalue weighted by molar-refractivity contribution is -0.121. The monoisotopic (exact) mass is 253 g/mol. The highest BCUT2D eigenvalue weighted by atomic mass is 32.2. The predicted octanol–water partition coefficient (Wildman–Crippen LogP) is 0.988. The average molecular weight is 253 g/mol. The molecule has 1 fully saturated rings. The van der Waals surface area contributed by atoms with Crippen LogP contribution in [0.2, 0.25) is 0 Å². The minimum atomic E-state index is -0.231. The van der Waals surface area contributed by atoms with Crippen molar-refractivity contribution in [1.29, 1.82) is 0 Å². The van der Waals surface area contributed by atoms with Gasteiger partial charge in [-0.2, -0.15) is 0 Å². The summed E-state index contributed by atoms with van der Waals surface area (Å²) in [4.78, 5) is 15.6. The molecule has 2 heterocycles. The van der Waals surface area contributed by atoms with Crippen LogP contribution in [-0.2, 0) is 4.79 Å². The fraction of sp³-hybridized carbons (Fsp3) is 0.200. The third kappa shape index (κ3) is 2.04. The molecule has 1 unspecified atom stereocenters. The first-order valence-corrected chi connectivity index (χ1v) is 5.92. The van der Waals surface area contributed by atoms with Gasteiger partial charge in [0.1, 0.15) is 10.5 Å². The second kappa shape index (κ2) is 4.40. The van der Waals surface area contributed by atoms with Crippen LogP contribution in [0.1, 0.15) is 0 Å². The number of nitrogens with zero attached hydrogens (tertiary/aromatic N) is 2. The van der Waals surface area contributed by atoms with E-state index < -0.39 is 0 Å². The van der Waals surface area contributed by atoms with E-state index in [9.17, 15) is 4.79 Å². The molecule has 1 atom stereocenters. The Morgan fingerprint density at radius 3 is 2.88 bits per heavy atom. The fourth-order valence-electron chi connectivity index (χ4n) is 1.33. The molecular weight excluding hydrogens is 242 g/mol. The van der Waals surface area contributed by atoms with Crippen LogP contribution >= 0.6 is 24.0 Å². The number of carbonyl (C=O) groups is 1. The zero-order valence-corrected chi connectivity index (χ0v) is 10.3. The zero-order chi connectivity index (χ0) is 11.7. The zero-order valence-electron chi connectivity index (χ0n) is 8.66. The van der Waals surface area contributed by atoms with Gasteiger partial charge in [0, 0.05) is 19.4 Å². The summed E-state index contributed by atoms with van der Waals surface area (Å²) in [6.45, 7) is 0.